The van der Waals surface area contributed by atoms with Gasteiger partial charge in [-0.3, -0.25) is 14.5 Å². The van der Waals surface area contributed by atoms with E-state index in [9.17, 15) is 14.0 Å². The van der Waals surface area contributed by atoms with Gasteiger partial charge in [-0.1, -0.05) is 18.2 Å². The van der Waals surface area contributed by atoms with Crippen LogP contribution in [0.25, 0.3) is 0 Å². The van der Waals surface area contributed by atoms with E-state index in [2.05, 4.69) is 0 Å². The lowest BCUT2D eigenvalue weighted by molar-refractivity contribution is -0.133. The molecule has 6 heteroatoms. The molecule has 0 atom stereocenters. The second kappa shape index (κ2) is 9.28. The average Bonchev–Trinajstić information content (AvgIpc) is 2.70. The fourth-order valence-electron chi connectivity index (χ4n) is 3.02. The third-order valence-electron chi connectivity index (χ3n) is 4.59. The Morgan fingerprint density at radius 3 is 2.26 bits per heavy atom. The fraction of sp³-hybridized carbons (Fsp3) is 0.333. The SMILES string of the molecule is O=C(CN1CCN(C(=O)CCOc2ccccc2)CC1)c1ccc(F)cc1. The zero-order chi connectivity index (χ0) is 19.1. The van der Waals surface area contributed by atoms with Gasteiger partial charge in [0.1, 0.15) is 11.6 Å². The number of ketones is 1. The van der Waals surface area contributed by atoms with Crippen LogP contribution < -0.4 is 4.74 Å². The Kier molecular flexibility index (Phi) is 6.54. The van der Waals surface area contributed by atoms with Gasteiger partial charge < -0.3 is 9.64 Å². The van der Waals surface area contributed by atoms with Gasteiger partial charge in [-0.2, -0.15) is 0 Å². The Balaban J connectivity index is 1.38. The summed E-state index contributed by atoms with van der Waals surface area (Å²) >= 11 is 0. The number of nitrogens with zero attached hydrogens (tertiary/aromatic N) is 2. The number of carbonyl (C=O) groups is 2. The molecule has 0 aliphatic carbocycles. The first-order chi connectivity index (χ1) is 13.1. The lowest BCUT2D eigenvalue weighted by Gasteiger charge is -2.34. The molecule has 1 aliphatic rings. The number of ether oxygens (including phenoxy) is 1. The molecule has 1 fully saturated rings. The van der Waals surface area contributed by atoms with Crippen molar-refractivity contribution in [3.63, 3.8) is 0 Å². The van der Waals surface area contributed by atoms with Crippen LogP contribution in [0.3, 0.4) is 0 Å². The van der Waals surface area contributed by atoms with Gasteiger partial charge in [-0.15, -0.1) is 0 Å². The van der Waals surface area contributed by atoms with Crippen molar-refractivity contribution in [2.45, 2.75) is 6.42 Å². The molecule has 0 unspecified atom stereocenters. The monoisotopic (exact) mass is 370 g/mol. The highest BCUT2D eigenvalue weighted by Gasteiger charge is 2.22. The molecule has 0 radical (unpaired) electrons. The van der Waals surface area contributed by atoms with Crippen LogP contribution in [-0.4, -0.2) is 60.8 Å². The molecule has 0 bridgehead atoms. The Hall–Kier alpha value is -2.73. The first-order valence-corrected chi connectivity index (χ1v) is 9.08. The lowest BCUT2D eigenvalue weighted by atomic mass is 10.1. The Bertz CT molecular complexity index is 757. The molecule has 0 spiro atoms. The van der Waals surface area contributed by atoms with E-state index in [0.29, 0.717) is 44.8 Å². The highest BCUT2D eigenvalue weighted by molar-refractivity contribution is 5.97. The molecule has 1 saturated heterocycles. The number of Topliss-reactive ketones (excluding diaryl/α,β-unsaturated/α-hetero) is 1. The summed E-state index contributed by atoms with van der Waals surface area (Å²) in [7, 11) is 0. The predicted octanol–water partition coefficient (Wildman–Crippen LogP) is 2.62. The Labute approximate surface area is 158 Å². The molecular formula is C21H23FN2O3. The molecule has 1 heterocycles. The smallest absolute Gasteiger partial charge is 0.226 e. The number of hydrogen-bond donors (Lipinski definition) is 0. The summed E-state index contributed by atoms with van der Waals surface area (Å²) in [6.45, 7) is 3.13. The van der Waals surface area contributed by atoms with E-state index >= 15 is 0 Å². The zero-order valence-corrected chi connectivity index (χ0v) is 15.1. The standard InChI is InChI=1S/C21H23FN2O3/c22-18-8-6-17(7-9-18)20(25)16-23-11-13-24(14-12-23)21(26)10-15-27-19-4-2-1-3-5-19/h1-9H,10-16H2. The van der Waals surface area contributed by atoms with E-state index in [-0.39, 0.29) is 24.1 Å². The fourth-order valence-corrected chi connectivity index (χ4v) is 3.02. The number of rotatable bonds is 7. The minimum Gasteiger partial charge on any atom is -0.493 e. The van der Waals surface area contributed by atoms with Crippen molar-refractivity contribution < 1.29 is 18.7 Å². The van der Waals surface area contributed by atoms with E-state index in [1.54, 1.807) is 0 Å². The number of halogens is 1. The predicted molar refractivity (Wildman–Crippen MR) is 100 cm³/mol. The molecule has 2 aromatic carbocycles. The summed E-state index contributed by atoms with van der Waals surface area (Å²) in [5.41, 5.74) is 0.507. The molecule has 142 valence electrons. The highest BCUT2D eigenvalue weighted by atomic mass is 19.1. The maximum absolute atomic E-state index is 12.9. The maximum atomic E-state index is 12.9. The first kappa shape index (κ1) is 19.0. The summed E-state index contributed by atoms with van der Waals surface area (Å²) in [5.74, 6) is 0.436. The number of hydrogen-bond acceptors (Lipinski definition) is 4. The van der Waals surface area contributed by atoms with Gasteiger partial charge >= 0.3 is 0 Å². The van der Waals surface area contributed by atoms with Crippen LogP contribution in [0, 0.1) is 5.82 Å². The normalized spacial score (nSPS) is 14.8. The van der Waals surface area contributed by atoms with Crippen molar-refractivity contribution in [3.05, 3.63) is 66.0 Å². The summed E-state index contributed by atoms with van der Waals surface area (Å²) in [6, 6.07) is 15.0. The van der Waals surface area contributed by atoms with Crippen molar-refractivity contribution in [1.29, 1.82) is 0 Å². The molecular weight excluding hydrogens is 347 g/mol. The molecule has 5 nitrogen and oxygen atoms in total. The van der Waals surface area contributed by atoms with Crippen LogP contribution in [0.5, 0.6) is 5.75 Å². The van der Waals surface area contributed by atoms with E-state index in [4.69, 9.17) is 4.74 Å². The Morgan fingerprint density at radius 1 is 0.926 bits per heavy atom. The molecule has 1 amide bonds. The van der Waals surface area contributed by atoms with Crippen LogP contribution in [0.4, 0.5) is 4.39 Å². The average molecular weight is 370 g/mol. The number of amides is 1. The second-order valence-electron chi connectivity index (χ2n) is 6.50. The molecule has 0 saturated carbocycles. The van der Waals surface area contributed by atoms with Gasteiger partial charge in [0.05, 0.1) is 19.6 Å². The summed E-state index contributed by atoms with van der Waals surface area (Å²) < 4.78 is 18.5. The largest absolute Gasteiger partial charge is 0.493 e. The van der Waals surface area contributed by atoms with Crippen LogP contribution >= 0.6 is 0 Å². The van der Waals surface area contributed by atoms with E-state index in [1.165, 1.54) is 24.3 Å². The molecule has 1 aliphatic heterocycles. The second-order valence-corrected chi connectivity index (χ2v) is 6.50. The Morgan fingerprint density at radius 2 is 1.59 bits per heavy atom. The van der Waals surface area contributed by atoms with E-state index < -0.39 is 0 Å². The number of carbonyl (C=O) groups excluding carboxylic acids is 2. The molecule has 0 aromatic heterocycles. The van der Waals surface area contributed by atoms with Gasteiger partial charge in [0.2, 0.25) is 5.91 Å². The summed E-state index contributed by atoms with van der Waals surface area (Å²) in [6.07, 6.45) is 0.337. The van der Waals surface area contributed by atoms with E-state index in [0.717, 1.165) is 5.75 Å². The summed E-state index contributed by atoms with van der Waals surface area (Å²) in [4.78, 5) is 28.4. The van der Waals surface area contributed by atoms with E-state index in [1.807, 2.05) is 40.1 Å². The van der Waals surface area contributed by atoms with Crippen LogP contribution in [-0.2, 0) is 4.79 Å². The van der Waals surface area contributed by atoms with Crippen molar-refractivity contribution >= 4 is 11.7 Å². The number of para-hydroxylation sites is 1. The van der Waals surface area contributed by atoms with Crippen molar-refractivity contribution in [2.24, 2.45) is 0 Å². The van der Waals surface area contributed by atoms with Crippen molar-refractivity contribution in [1.82, 2.24) is 9.80 Å². The third-order valence-corrected chi connectivity index (χ3v) is 4.59. The molecule has 3 rings (SSSR count). The van der Waals surface area contributed by atoms with Gasteiger partial charge in [-0.25, -0.2) is 4.39 Å². The zero-order valence-electron chi connectivity index (χ0n) is 15.1. The summed E-state index contributed by atoms with van der Waals surface area (Å²) in [5, 5.41) is 0. The van der Waals surface area contributed by atoms with Gasteiger partial charge in [0.15, 0.2) is 5.78 Å². The quantitative estimate of drug-likeness (QED) is 0.703. The minimum absolute atomic E-state index is 0.0361. The molecule has 0 N–H and O–H groups in total. The number of piperazine rings is 1. The third kappa shape index (κ3) is 5.62. The molecule has 27 heavy (non-hydrogen) atoms. The van der Waals surface area contributed by atoms with Crippen LogP contribution in [0.15, 0.2) is 54.6 Å². The van der Waals surface area contributed by atoms with Crippen LogP contribution in [0.2, 0.25) is 0 Å². The lowest BCUT2D eigenvalue weighted by Crippen LogP contribution is -2.50. The van der Waals surface area contributed by atoms with Gasteiger partial charge in [-0.05, 0) is 36.4 Å². The number of benzene rings is 2. The van der Waals surface area contributed by atoms with Gasteiger partial charge in [0.25, 0.3) is 0 Å². The van der Waals surface area contributed by atoms with Crippen molar-refractivity contribution in [3.8, 4) is 5.75 Å². The first-order valence-electron chi connectivity index (χ1n) is 9.08. The topological polar surface area (TPSA) is 49.9 Å². The van der Waals surface area contributed by atoms with Crippen molar-refractivity contribution in [2.75, 3.05) is 39.3 Å². The highest BCUT2D eigenvalue weighted by Crippen LogP contribution is 2.10. The minimum atomic E-state index is -0.352. The maximum Gasteiger partial charge on any atom is 0.226 e. The molecule has 2 aromatic rings. The van der Waals surface area contributed by atoms with Gasteiger partial charge in [0, 0.05) is 31.7 Å². The van der Waals surface area contributed by atoms with Crippen LogP contribution in [0.1, 0.15) is 16.8 Å².